The topological polar surface area (TPSA) is 130 Å². The minimum absolute atomic E-state index is 0.0357. The highest BCUT2D eigenvalue weighted by Gasteiger charge is 2.19. The molecule has 0 aromatic rings. The second-order valence-corrected chi connectivity index (χ2v) is 3.49. The molecule has 92 valence electrons. The van der Waals surface area contributed by atoms with E-state index in [1.54, 1.807) is 0 Å². The monoisotopic (exact) mass is 250 g/mol. The summed E-state index contributed by atoms with van der Waals surface area (Å²) in [4.78, 5) is 32.1. The molecule has 8 heteroatoms. The summed E-state index contributed by atoms with van der Waals surface area (Å²) >= 11 is 3.76. The second kappa shape index (κ2) is 7.07. The van der Waals surface area contributed by atoms with Crippen LogP contribution in [0.25, 0.3) is 0 Å². The molecule has 0 spiro atoms. The van der Waals surface area contributed by atoms with Gasteiger partial charge in [0.15, 0.2) is 0 Å². The minimum Gasteiger partial charge on any atom is -0.480 e. The molecule has 0 saturated heterocycles. The third-order valence-corrected chi connectivity index (χ3v) is 2.18. The van der Waals surface area contributed by atoms with Gasteiger partial charge in [-0.2, -0.15) is 12.6 Å². The molecule has 0 heterocycles. The van der Waals surface area contributed by atoms with Crippen molar-refractivity contribution in [3.05, 3.63) is 0 Å². The highest BCUT2D eigenvalue weighted by atomic mass is 32.1. The van der Waals surface area contributed by atoms with Gasteiger partial charge in [-0.1, -0.05) is 0 Å². The van der Waals surface area contributed by atoms with Crippen LogP contribution >= 0.6 is 12.6 Å². The van der Waals surface area contributed by atoms with Crippen LogP contribution in [-0.4, -0.2) is 45.9 Å². The number of carboxylic acids is 2. The van der Waals surface area contributed by atoms with Crippen LogP contribution in [0.15, 0.2) is 0 Å². The summed E-state index contributed by atoms with van der Waals surface area (Å²) in [5.41, 5.74) is 5.18. The Balaban J connectivity index is 3.99. The van der Waals surface area contributed by atoms with Gasteiger partial charge in [0.1, 0.15) is 12.1 Å². The van der Waals surface area contributed by atoms with Gasteiger partial charge < -0.3 is 21.3 Å². The Labute approximate surface area is 97.4 Å². The molecule has 16 heavy (non-hydrogen) atoms. The Morgan fingerprint density at radius 2 is 1.81 bits per heavy atom. The highest BCUT2D eigenvalue weighted by Crippen LogP contribution is 1.97. The quantitative estimate of drug-likeness (QED) is 0.356. The van der Waals surface area contributed by atoms with E-state index in [2.05, 4.69) is 17.9 Å². The summed E-state index contributed by atoms with van der Waals surface area (Å²) < 4.78 is 0. The second-order valence-electron chi connectivity index (χ2n) is 3.12. The molecule has 0 radical (unpaired) electrons. The average Bonchev–Trinajstić information content (AvgIpc) is 2.21. The standard InChI is InChI=1S/C8H14N2O5S/c9-4(7(12)13)1-2-6(11)10-5(3-16)8(14)15/h4-5,16H,1-3,9H2,(H,10,11)(H,12,13)(H,14,15)/t4?,5-/m0/s1. The summed E-state index contributed by atoms with van der Waals surface area (Å²) in [6.07, 6.45) is -0.175. The fourth-order valence-corrected chi connectivity index (χ4v) is 1.11. The van der Waals surface area contributed by atoms with Crippen LogP contribution in [-0.2, 0) is 14.4 Å². The fourth-order valence-electron chi connectivity index (χ4n) is 0.862. The van der Waals surface area contributed by atoms with Crippen molar-refractivity contribution in [3.63, 3.8) is 0 Å². The Bertz CT molecular complexity index is 284. The maximum absolute atomic E-state index is 11.2. The minimum atomic E-state index is -1.20. The maximum Gasteiger partial charge on any atom is 0.327 e. The van der Waals surface area contributed by atoms with Crippen LogP contribution in [0.5, 0.6) is 0 Å². The van der Waals surface area contributed by atoms with E-state index < -0.39 is 29.9 Å². The molecule has 0 saturated carbocycles. The average molecular weight is 250 g/mol. The molecule has 1 unspecified atom stereocenters. The van der Waals surface area contributed by atoms with Crippen molar-refractivity contribution in [3.8, 4) is 0 Å². The Kier molecular flexibility index (Phi) is 6.50. The predicted molar refractivity (Wildman–Crippen MR) is 58.3 cm³/mol. The number of nitrogens with one attached hydrogen (secondary N) is 1. The van der Waals surface area contributed by atoms with Crippen molar-refractivity contribution in [2.45, 2.75) is 24.9 Å². The fraction of sp³-hybridized carbons (Fsp3) is 0.625. The van der Waals surface area contributed by atoms with E-state index in [-0.39, 0.29) is 18.6 Å². The zero-order valence-corrected chi connectivity index (χ0v) is 9.31. The van der Waals surface area contributed by atoms with Crippen LogP contribution in [0, 0.1) is 0 Å². The summed E-state index contributed by atoms with van der Waals surface area (Å²) in [6.45, 7) is 0. The molecule has 2 atom stereocenters. The van der Waals surface area contributed by atoms with E-state index in [0.717, 1.165) is 0 Å². The number of nitrogens with two attached hydrogens (primary N) is 1. The van der Waals surface area contributed by atoms with Gasteiger partial charge in [-0.3, -0.25) is 9.59 Å². The van der Waals surface area contributed by atoms with Crippen LogP contribution in [0.3, 0.4) is 0 Å². The normalized spacial score (nSPS) is 13.9. The van der Waals surface area contributed by atoms with Gasteiger partial charge in [-0.15, -0.1) is 0 Å². The van der Waals surface area contributed by atoms with E-state index in [1.807, 2.05) is 0 Å². The lowest BCUT2D eigenvalue weighted by Crippen LogP contribution is -2.42. The largest absolute Gasteiger partial charge is 0.480 e. The van der Waals surface area contributed by atoms with Gasteiger partial charge in [0, 0.05) is 12.2 Å². The first-order valence-corrected chi connectivity index (χ1v) is 5.13. The van der Waals surface area contributed by atoms with Crippen LogP contribution in [0.1, 0.15) is 12.8 Å². The van der Waals surface area contributed by atoms with Gasteiger partial charge >= 0.3 is 11.9 Å². The van der Waals surface area contributed by atoms with Crippen molar-refractivity contribution in [2.75, 3.05) is 5.75 Å². The van der Waals surface area contributed by atoms with Gasteiger partial charge in [0.25, 0.3) is 0 Å². The third-order valence-electron chi connectivity index (χ3n) is 1.82. The van der Waals surface area contributed by atoms with Gasteiger partial charge in [0.2, 0.25) is 5.91 Å². The molecule has 0 aliphatic rings. The molecule has 0 aromatic carbocycles. The smallest absolute Gasteiger partial charge is 0.327 e. The first-order chi connectivity index (χ1) is 7.38. The lowest BCUT2D eigenvalue weighted by Gasteiger charge is -2.12. The van der Waals surface area contributed by atoms with Crippen LogP contribution in [0.4, 0.5) is 0 Å². The SMILES string of the molecule is NC(CCC(=O)N[C@@H](CS)C(=O)O)C(=O)O. The lowest BCUT2D eigenvalue weighted by atomic mass is 10.1. The van der Waals surface area contributed by atoms with E-state index >= 15 is 0 Å². The van der Waals surface area contributed by atoms with E-state index in [4.69, 9.17) is 15.9 Å². The molecule has 1 amide bonds. The first kappa shape index (κ1) is 14.7. The molecule has 7 nitrogen and oxygen atoms in total. The molecule has 0 aliphatic carbocycles. The number of aliphatic carboxylic acids is 2. The Morgan fingerprint density at radius 3 is 2.19 bits per heavy atom. The number of amides is 1. The zero-order chi connectivity index (χ0) is 12.7. The van der Waals surface area contributed by atoms with Gasteiger partial charge in [-0.25, -0.2) is 4.79 Å². The number of thiol groups is 1. The number of carboxylic acid groups (broad SMARTS) is 2. The van der Waals surface area contributed by atoms with E-state index in [1.165, 1.54) is 0 Å². The molecular weight excluding hydrogens is 236 g/mol. The molecular formula is C8H14N2O5S. The van der Waals surface area contributed by atoms with Crippen molar-refractivity contribution in [1.82, 2.24) is 5.32 Å². The number of carbonyl (C=O) groups excluding carboxylic acids is 1. The van der Waals surface area contributed by atoms with Crippen molar-refractivity contribution in [1.29, 1.82) is 0 Å². The molecule has 5 N–H and O–H groups in total. The summed E-state index contributed by atoms with van der Waals surface area (Å²) in [5.74, 6) is -2.98. The van der Waals surface area contributed by atoms with Gasteiger partial charge in [-0.05, 0) is 6.42 Å². The molecule has 0 aromatic heterocycles. The number of carbonyl (C=O) groups is 3. The molecule has 0 rings (SSSR count). The summed E-state index contributed by atoms with van der Waals surface area (Å²) in [7, 11) is 0. The van der Waals surface area contributed by atoms with Crippen LogP contribution < -0.4 is 11.1 Å². The third kappa shape index (κ3) is 5.56. The number of hydrogen-bond donors (Lipinski definition) is 5. The molecule has 0 bridgehead atoms. The van der Waals surface area contributed by atoms with E-state index in [9.17, 15) is 14.4 Å². The van der Waals surface area contributed by atoms with Crippen molar-refractivity contribution in [2.24, 2.45) is 5.73 Å². The van der Waals surface area contributed by atoms with Crippen molar-refractivity contribution < 1.29 is 24.6 Å². The summed E-state index contributed by atoms with van der Waals surface area (Å²) in [5, 5.41) is 19.3. The van der Waals surface area contributed by atoms with Crippen molar-refractivity contribution >= 4 is 30.5 Å². The zero-order valence-electron chi connectivity index (χ0n) is 8.42. The molecule has 0 aliphatic heterocycles. The predicted octanol–water partition coefficient (Wildman–Crippen LogP) is -1.32. The molecule has 0 fully saturated rings. The highest BCUT2D eigenvalue weighted by molar-refractivity contribution is 7.80. The number of rotatable bonds is 7. The maximum atomic E-state index is 11.2. The lowest BCUT2D eigenvalue weighted by molar-refractivity contribution is -0.141. The Hall–Kier alpha value is -1.28. The number of hydrogen-bond acceptors (Lipinski definition) is 5. The van der Waals surface area contributed by atoms with Crippen LogP contribution in [0.2, 0.25) is 0 Å². The van der Waals surface area contributed by atoms with E-state index in [0.29, 0.717) is 0 Å². The van der Waals surface area contributed by atoms with Gasteiger partial charge in [0.05, 0.1) is 0 Å². The first-order valence-electron chi connectivity index (χ1n) is 4.50. The summed E-state index contributed by atoms with van der Waals surface area (Å²) in [6, 6.07) is -2.19. The Morgan fingerprint density at radius 1 is 1.25 bits per heavy atom.